The van der Waals surface area contributed by atoms with Crippen LogP contribution in [0, 0.1) is 5.92 Å². The van der Waals surface area contributed by atoms with Crippen LogP contribution in [0.1, 0.15) is 60.8 Å². The standard InChI is InChI=1S/C31H48N2O8/c1-20(8-11-26-28(35)31(19-38-31)18-30(5,6)41-26)7-10-25-21(2)17-24(23(4)40-25)32-27(34)12-9-22(3)39-29(36)33-13-15-37-16-14-33/h7-9,11-12,21-26,28,35H,10,13-19H2,1-6H3,(H,32,34)/b11-8+,12-9+,20-7+/t21-,22?,23+,24+,25-,26+,28+,31+/m0/s1. The van der Waals surface area contributed by atoms with Gasteiger partial charge in [0, 0.05) is 25.6 Å². The summed E-state index contributed by atoms with van der Waals surface area (Å²) in [4.78, 5) is 26.4. The lowest BCUT2D eigenvalue weighted by molar-refractivity contribution is -0.171. The number of morpholine rings is 1. The van der Waals surface area contributed by atoms with Gasteiger partial charge in [-0.2, -0.15) is 0 Å². The van der Waals surface area contributed by atoms with Crippen molar-refractivity contribution < 1.29 is 38.4 Å². The van der Waals surface area contributed by atoms with Crippen molar-refractivity contribution in [2.24, 2.45) is 5.92 Å². The molecule has 0 aliphatic carbocycles. The normalized spacial score (nSPS) is 36.5. The highest BCUT2D eigenvalue weighted by Gasteiger charge is 2.60. The molecule has 1 unspecified atom stereocenters. The highest BCUT2D eigenvalue weighted by atomic mass is 16.6. The van der Waals surface area contributed by atoms with E-state index in [9.17, 15) is 14.7 Å². The first-order valence-corrected chi connectivity index (χ1v) is 14.9. The Balaban J connectivity index is 1.21. The number of carbonyl (C=O) groups excluding carboxylic acids is 2. The van der Waals surface area contributed by atoms with E-state index in [1.165, 1.54) is 6.08 Å². The van der Waals surface area contributed by atoms with Crippen molar-refractivity contribution in [3.05, 3.63) is 36.0 Å². The van der Waals surface area contributed by atoms with Crippen LogP contribution >= 0.6 is 0 Å². The monoisotopic (exact) mass is 576 g/mol. The van der Waals surface area contributed by atoms with Gasteiger partial charge in [0.15, 0.2) is 0 Å². The first kappa shape index (κ1) is 31.7. The van der Waals surface area contributed by atoms with Crippen LogP contribution in [-0.4, -0.2) is 103 Å². The summed E-state index contributed by atoms with van der Waals surface area (Å²) in [6.07, 6.45) is 9.22. The van der Waals surface area contributed by atoms with Crippen molar-refractivity contribution in [3.63, 3.8) is 0 Å². The van der Waals surface area contributed by atoms with Crippen LogP contribution in [-0.2, 0) is 28.5 Å². The Morgan fingerprint density at radius 1 is 1.20 bits per heavy atom. The van der Waals surface area contributed by atoms with Gasteiger partial charge in [-0.1, -0.05) is 30.7 Å². The molecule has 4 aliphatic rings. The maximum Gasteiger partial charge on any atom is 0.410 e. The van der Waals surface area contributed by atoms with Gasteiger partial charge < -0.3 is 39.0 Å². The van der Waals surface area contributed by atoms with Crippen LogP contribution in [0.15, 0.2) is 36.0 Å². The highest BCUT2D eigenvalue weighted by molar-refractivity contribution is 5.87. The van der Waals surface area contributed by atoms with Crippen LogP contribution in [0.25, 0.3) is 0 Å². The Morgan fingerprint density at radius 3 is 2.59 bits per heavy atom. The number of rotatable bonds is 8. The maximum atomic E-state index is 12.6. The van der Waals surface area contributed by atoms with Crippen LogP contribution in [0.4, 0.5) is 4.79 Å². The van der Waals surface area contributed by atoms with E-state index in [4.69, 9.17) is 23.7 Å². The van der Waals surface area contributed by atoms with E-state index in [-0.39, 0.29) is 35.7 Å². The van der Waals surface area contributed by atoms with Gasteiger partial charge in [-0.15, -0.1) is 0 Å². The smallest absolute Gasteiger partial charge is 0.410 e. The van der Waals surface area contributed by atoms with Crippen molar-refractivity contribution in [1.29, 1.82) is 0 Å². The lowest BCUT2D eigenvalue weighted by Gasteiger charge is -2.41. The fourth-order valence-electron chi connectivity index (χ4n) is 5.91. The summed E-state index contributed by atoms with van der Waals surface area (Å²) in [7, 11) is 0. The number of nitrogens with zero attached hydrogens (tertiary/aromatic N) is 1. The molecule has 8 atom stereocenters. The minimum Gasteiger partial charge on any atom is -0.442 e. The molecule has 0 bridgehead atoms. The van der Waals surface area contributed by atoms with Crippen molar-refractivity contribution in [2.45, 2.75) is 109 Å². The Hall–Kier alpha value is -2.24. The Kier molecular flexibility index (Phi) is 10.3. The summed E-state index contributed by atoms with van der Waals surface area (Å²) >= 11 is 0. The fourth-order valence-corrected chi connectivity index (χ4v) is 5.91. The Labute approximate surface area is 244 Å². The second kappa shape index (κ2) is 13.4. The average molecular weight is 577 g/mol. The summed E-state index contributed by atoms with van der Waals surface area (Å²) in [5.41, 5.74) is 0.258. The molecule has 4 rings (SSSR count). The fraction of sp³-hybridized carbons (Fsp3) is 0.742. The average Bonchev–Trinajstić information content (AvgIpc) is 3.69. The van der Waals surface area contributed by atoms with Crippen LogP contribution < -0.4 is 5.32 Å². The van der Waals surface area contributed by atoms with Gasteiger partial charge in [0.2, 0.25) is 5.91 Å². The Bertz CT molecular complexity index is 1010. The molecule has 0 aromatic heterocycles. The molecule has 41 heavy (non-hydrogen) atoms. The number of allylic oxidation sites excluding steroid dienone is 2. The van der Waals surface area contributed by atoms with E-state index in [1.807, 2.05) is 39.8 Å². The zero-order chi connectivity index (χ0) is 29.8. The molecule has 1 spiro atoms. The van der Waals surface area contributed by atoms with Crippen molar-refractivity contribution >= 4 is 12.0 Å². The van der Waals surface area contributed by atoms with Gasteiger partial charge in [-0.05, 0) is 59.5 Å². The van der Waals surface area contributed by atoms with Crippen molar-refractivity contribution in [2.75, 3.05) is 32.9 Å². The van der Waals surface area contributed by atoms with Gasteiger partial charge in [-0.3, -0.25) is 4.79 Å². The second-order valence-corrected chi connectivity index (χ2v) is 12.6. The van der Waals surface area contributed by atoms with Crippen molar-refractivity contribution in [3.8, 4) is 0 Å². The molecule has 4 aliphatic heterocycles. The number of hydrogen-bond acceptors (Lipinski definition) is 8. The van der Waals surface area contributed by atoms with Gasteiger partial charge in [0.05, 0.1) is 43.7 Å². The highest BCUT2D eigenvalue weighted by Crippen LogP contribution is 2.46. The van der Waals surface area contributed by atoms with Crippen molar-refractivity contribution in [1.82, 2.24) is 10.2 Å². The molecule has 2 N–H and O–H groups in total. The molecule has 0 aromatic rings. The molecule has 0 saturated carbocycles. The van der Waals surface area contributed by atoms with Gasteiger partial charge >= 0.3 is 6.09 Å². The molecule has 0 aromatic carbocycles. The maximum absolute atomic E-state index is 12.6. The third-order valence-corrected chi connectivity index (χ3v) is 8.39. The van der Waals surface area contributed by atoms with E-state index in [0.717, 1.165) is 18.4 Å². The number of epoxide rings is 1. The summed E-state index contributed by atoms with van der Waals surface area (Å²) in [6, 6.07) is -0.111. The van der Waals surface area contributed by atoms with Crippen LogP contribution in [0.5, 0.6) is 0 Å². The molecule has 230 valence electrons. The third-order valence-electron chi connectivity index (χ3n) is 8.39. The topological polar surface area (TPSA) is 119 Å². The predicted octanol–water partition coefficient (Wildman–Crippen LogP) is 3.29. The Morgan fingerprint density at radius 2 is 1.90 bits per heavy atom. The van der Waals surface area contributed by atoms with Gasteiger partial charge in [0.1, 0.15) is 23.9 Å². The number of hydrogen-bond donors (Lipinski definition) is 2. The van der Waals surface area contributed by atoms with Gasteiger partial charge in [0.25, 0.3) is 0 Å². The number of ether oxygens (including phenoxy) is 5. The molecule has 2 amide bonds. The summed E-state index contributed by atoms with van der Waals surface area (Å²) in [5.74, 6) is 0.0120. The summed E-state index contributed by atoms with van der Waals surface area (Å²) < 4.78 is 28.7. The predicted molar refractivity (Wildman–Crippen MR) is 153 cm³/mol. The first-order valence-electron chi connectivity index (χ1n) is 14.9. The largest absolute Gasteiger partial charge is 0.442 e. The zero-order valence-corrected chi connectivity index (χ0v) is 25.3. The lowest BCUT2D eigenvalue weighted by atomic mass is 9.83. The number of amides is 2. The molecule has 0 radical (unpaired) electrons. The van der Waals surface area contributed by atoms with E-state index >= 15 is 0 Å². The zero-order valence-electron chi connectivity index (χ0n) is 25.3. The quantitative estimate of drug-likeness (QED) is 0.257. The van der Waals surface area contributed by atoms with Gasteiger partial charge in [-0.25, -0.2) is 4.79 Å². The minimum atomic E-state index is -0.669. The van der Waals surface area contributed by atoms with E-state index < -0.39 is 30.0 Å². The molecular formula is C31H48N2O8. The van der Waals surface area contributed by atoms with E-state index in [0.29, 0.717) is 39.3 Å². The number of nitrogens with one attached hydrogen (secondary N) is 1. The summed E-state index contributed by atoms with van der Waals surface area (Å²) in [5, 5.41) is 13.8. The number of carbonyl (C=O) groups is 2. The van der Waals surface area contributed by atoms with E-state index in [2.05, 4.69) is 18.3 Å². The molecule has 10 heteroatoms. The SMILES string of the molecule is CC(/C=C/[C@H]1OC(C)(C)C[C@@]2(CO2)[C@@H]1O)=C\C[C@@H]1O[C@H](C)[C@H](NC(=O)/C=C/C(C)OC(=O)N2CCOCC2)C[C@@H]1C. The summed E-state index contributed by atoms with van der Waals surface area (Å²) in [6.45, 7) is 14.6. The molecule has 10 nitrogen and oxygen atoms in total. The molecule has 4 heterocycles. The molecular weight excluding hydrogens is 528 g/mol. The minimum absolute atomic E-state index is 0.0373. The van der Waals surface area contributed by atoms with Crippen LogP contribution in [0.3, 0.4) is 0 Å². The molecule has 4 saturated heterocycles. The van der Waals surface area contributed by atoms with Crippen LogP contribution in [0.2, 0.25) is 0 Å². The second-order valence-electron chi connectivity index (χ2n) is 12.6. The van der Waals surface area contributed by atoms with E-state index in [1.54, 1.807) is 17.9 Å². The first-order chi connectivity index (χ1) is 19.4. The number of aliphatic hydroxyl groups excluding tert-OH is 1. The lowest BCUT2D eigenvalue weighted by Crippen LogP contribution is -2.53. The molecule has 4 fully saturated rings. The number of aliphatic hydroxyl groups is 1. The third kappa shape index (κ3) is 8.64.